The molecule has 1 fully saturated rings. The zero-order chi connectivity index (χ0) is 17.9. The number of carbonyl (C=O) groups excluding carboxylic acids is 1. The number of benzene rings is 2. The van der Waals surface area contributed by atoms with Crippen LogP contribution < -0.4 is 5.43 Å². The van der Waals surface area contributed by atoms with E-state index in [0.717, 1.165) is 32.2 Å². The van der Waals surface area contributed by atoms with Crippen LogP contribution in [-0.2, 0) is 6.42 Å². The Labute approximate surface area is 152 Å². The summed E-state index contributed by atoms with van der Waals surface area (Å²) in [6.45, 7) is 0.741. The van der Waals surface area contributed by atoms with Crippen LogP contribution in [0, 0.1) is 0 Å². The predicted molar refractivity (Wildman–Crippen MR) is 103 cm³/mol. The maximum Gasteiger partial charge on any atom is 0.270 e. The van der Waals surface area contributed by atoms with Gasteiger partial charge in [0, 0.05) is 29.6 Å². The first kappa shape index (κ1) is 16.6. The summed E-state index contributed by atoms with van der Waals surface area (Å²) in [5.41, 5.74) is 2.22. The lowest BCUT2D eigenvalue weighted by Crippen LogP contribution is -2.45. The maximum atomic E-state index is 13.2. The van der Waals surface area contributed by atoms with Crippen LogP contribution >= 0.6 is 0 Å². The van der Waals surface area contributed by atoms with Crippen LogP contribution in [0.5, 0.6) is 0 Å². The molecule has 4 rings (SSSR count). The third-order valence-electron chi connectivity index (χ3n) is 5.17. The van der Waals surface area contributed by atoms with Gasteiger partial charge in [-0.1, -0.05) is 42.5 Å². The lowest BCUT2D eigenvalue weighted by atomic mass is 9.95. The van der Waals surface area contributed by atoms with Gasteiger partial charge in [-0.3, -0.25) is 9.59 Å². The van der Waals surface area contributed by atoms with Crippen LogP contribution in [-0.4, -0.2) is 28.4 Å². The first-order valence-corrected chi connectivity index (χ1v) is 9.19. The molecule has 1 atom stereocenters. The van der Waals surface area contributed by atoms with E-state index < -0.39 is 0 Å². The molecule has 1 aliphatic heterocycles. The minimum atomic E-state index is -0.112. The van der Waals surface area contributed by atoms with Crippen LogP contribution in [0.4, 0.5) is 0 Å². The number of fused-ring (bicyclic) bond motifs is 1. The van der Waals surface area contributed by atoms with Crippen LogP contribution in [0.3, 0.4) is 0 Å². The van der Waals surface area contributed by atoms with Gasteiger partial charge in [0.1, 0.15) is 5.69 Å². The van der Waals surface area contributed by atoms with Crippen LogP contribution in [0.1, 0.15) is 35.3 Å². The highest BCUT2D eigenvalue weighted by Crippen LogP contribution is 2.22. The SMILES string of the molecule is O=C(c1cc(=O)c2ccccc2[nH]1)N1CCCCC1Cc1ccccc1. The summed E-state index contributed by atoms with van der Waals surface area (Å²) in [4.78, 5) is 30.6. The number of para-hydroxylation sites is 1. The average molecular weight is 346 g/mol. The second kappa shape index (κ2) is 7.16. The molecule has 0 saturated carbocycles. The Balaban J connectivity index is 1.64. The Morgan fingerprint density at radius 2 is 1.81 bits per heavy atom. The molecule has 132 valence electrons. The minimum Gasteiger partial charge on any atom is -0.350 e. The number of aromatic amines is 1. The van der Waals surface area contributed by atoms with Gasteiger partial charge in [0.15, 0.2) is 5.43 Å². The van der Waals surface area contributed by atoms with Crippen molar-refractivity contribution in [2.75, 3.05) is 6.54 Å². The van der Waals surface area contributed by atoms with Gasteiger partial charge >= 0.3 is 0 Å². The van der Waals surface area contributed by atoms with Crippen molar-refractivity contribution in [3.63, 3.8) is 0 Å². The fraction of sp³-hybridized carbons (Fsp3) is 0.273. The highest BCUT2D eigenvalue weighted by molar-refractivity contribution is 5.95. The second-order valence-corrected chi connectivity index (χ2v) is 6.93. The van der Waals surface area contributed by atoms with E-state index in [4.69, 9.17) is 0 Å². The molecule has 1 N–H and O–H groups in total. The van der Waals surface area contributed by atoms with E-state index in [9.17, 15) is 9.59 Å². The van der Waals surface area contributed by atoms with Gasteiger partial charge in [0.05, 0.1) is 0 Å². The molecule has 0 bridgehead atoms. The number of piperidine rings is 1. The quantitative estimate of drug-likeness (QED) is 0.785. The molecule has 2 aromatic carbocycles. The van der Waals surface area contributed by atoms with Crippen molar-refractivity contribution in [1.82, 2.24) is 9.88 Å². The molecule has 4 heteroatoms. The number of hydrogen-bond acceptors (Lipinski definition) is 2. The summed E-state index contributed by atoms with van der Waals surface area (Å²) >= 11 is 0. The van der Waals surface area contributed by atoms with E-state index in [-0.39, 0.29) is 17.4 Å². The zero-order valence-electron chi connectivity index (χ0n) is 14.7. The van der Waals surface area contributed by atoms with Crippen LogP contribution in [0.15, 0.2) is 65.5 Å². The Bertz CT molecular complexity index is 978. The number of likely N-dealkylation sites (tertiary alicyclic amines) is 1. The maximum absolute atomic E-state index is 13.2. The van der Waals surface area contributed by atoms with Gasteiger partial charge in [-0.25, -0.2) is 0 Å². The van der Waals surface area contributed by atoms with E-state index in [2.05, 4.69) is 17.1 Å². The van der Waals surface area contributed by atoms with E-state index in [1.54, 1.807) is 6.07 Å². The summed E-state index contributed by atoms with van der Waals surface area (Å²) < 4.78 is 0. The van der Waals surface area contributed by atoms with Crippen molar-refractivity contribution in [3.05, 3.63) is 82.1 Å². The van der Waals surface area contributed by atoms with E-state index in [0.29, 0.717) is 16.6 Å². The second-order valence-electron chi connectivity index (χ2n) is 6.93. The molecular formula is C22H22N2O2. The van der Waals surface area contributed by atoms with Crippen LogP contribution in [0.2, 0.25) is 0 Å². The first-order valence-electron chi connectivity index (χ1n) is 9.19. The van der Waals surface area contributed by atoms with Crippen LogP contribution in [0.25, 0.3) is 10.9 Å². The summed E-state index contributed by atoms with van der Waals surface area (Å²) in [5, 5.41) is 0.614. The van der Waals surface area contributed by atoms with Gasteiger partial charge in [0.2, 0.25) is 0 Å². The van der Waals surface area contributed by atoms with Gasteiger partial charge < -0.3 is 9.88 Å². The Hall–Kier alpha value is -2.88. The standard InChI is InChI=1S/C22H22N2O2/c25-21-15-20(23-19-12-5-4-11-18(19)21)22(26)24-13-7-6-10-17(24)14-16-8-2-1-3-9-16/h1-5,8-9,11-12,15,17H,6-7,10,13-14H2,(H,23,25). The number of carbonyl (C=O) groups is 1. The first-order chi connectivity index (χ1) is 12.7. The van der Waals surface area contributed by atoms with Gasteiger partial charge in [-0.2, -0.15) is 0 Å². The molecule has 3 aromatic rings. The molecule has 0 aliphatic carbocycles. The topological polar surface area (TPSA) is 53.2 Å². The molecule has 0 spiro atoms. The largest absolute Gasteiger partial charge is 0.350 e. The molecule has 4 nitrogen and oxygen atoms in total. The molecule has 1 amide bonds. The van der Waals surface area contributed by atoms with Gasteiger partial charge in [0.25, 0.3) is 5.91 Å². The Kier molecular flexibility index (Phi) is 4.57. The lowest BCUT2D eigenvalue weighted by molar-refractivity contribution is 0.0608. The number of nitrogens with one attached hydrogen (secondary N) is 1. The number of amides is 1. The van der Waals surface area contributed by atoms with E-state index >= 15 is 0 Å². The number of rotatable bonds is 3. The number of pyridine rings is 1. The number of H-pyrrole nitrogens is 1. The number of nitrogens with zero attached hydrogens (tertiary/aromatic N) is 1. The van der Waals surface area contributed by atoms with Gasteiger partial charge in [-0.05, 0) is 43.4 Å². The number of hydrogen-bond donors (Lipinski definition) is 1. The molecule has 2 heterocycles. The lowest BCUT2D eigenvalue weighted by Gasteiger charge is -2.36. The van der Waals surface area contributed by atoms with Crippen molar-refractivity contribution in [3.8, 4) is 0 Å². The summed E-state index contributed by atoms with van der Waals surface area (Å²) in [6.07, 6.45) is 3.99. The van der Waals surface area contributed by atoms with Crippen molar-refractivity contribution in [2.45, 2.75) is 31.7 Å². The third-order valence-corrected chi connectivity index (χ3v) is 5.17. The molecule has 1 saturated heterocycles. The van der Waals surface area contributed by atoms with Crippen molar-refractivity contribution >= 4 is 16.8 Å². The fourth-order valence-electron chi connectivity index (χ4n) is 3.83. The third kappa shape index (κ3) is 3.27. The van der Waals surface area contributed by atoms with Crippen molar-refractivity contribution in [2.24, 2.45) is 0 Å². The van der Waals surface area contributed by atoms with E-state index in [1.807, 2.05) is 41.3 Å². The van der Waals surface area contributed by atoms with Crippen molar-refractivity contribution < 1.29 is 4.79 Å². The molecule has 26 heavy (non-hydrogen) atoms. The van der Waals surface area contributed by atoms with Gasteiger partial charge in [-0.15, -0.1) is 0 Å². The smallest absolute Gasteiger partial charge is 0.270 e. The number of aromatic nitrogens is 1. The normalized spacial score (nSPS) is 17.4. The minimum absolute atomic E-state index is 0.0755. The highest BCUT2D eigenvalue weighted by Gasteiger charge is 2.28. The summed E-state index contributed by atoms with van der Waals surface area (Å²) in [5.74, 6) is -0.0755. The predicted octanol–water partition coefficient (Wildman–Crippen LogP) is 3.77. The molecular weight excluding hydrogens is 324 g/mol. The monoisotopic (exact) mass is 346 g/mol. The van der Waals surface area contributed by atoms with E-state index in [1.165, 1.54) is 11.6 Å². The summed E-state index contributed by atoms with van der Waals surface area (Å²) in [6, 6.07) is 19.2. The van der Waals surface area contributed by atoms with Crippen molar-refractivity contribution in [1.29, 1.82) is 0 Å². The molecule has 1 unspecified atom stereocenters. The molecule has 0 radical (unpaired) electrons. The Morgan fingerprint density at radius 1 is 1.04 bits per heavy atom. The summed E-state index contributed by atoms with van der Waals surface area (Å²) in [7, 11) is 0. The molecule has 1 aliphatic rings. The average Bonchev–Trinajstić information content (AvgIpc) is 2.69. The Morgan fingerprint density at radius 3 is 2.65 bits per heavy atom. The zero-order valence-corrected chi connectivity index (χ0v) is 14.7. The molecule has 1 aromatic heterocycles. The fourth-order valence-corrected chi connectivity index (χ4v) is 3.83. The highest BCUT2D eigenvalue weighted by atomic mass is 16.2.